The first-order valence-corrected chi connectivity index (χ1v) is 8.53. The summed E-state index contributed by atoms with van der Waals surface area (Å²) in [5.74, 6) is -0.0913. The van der Waals surface area contributed by atoms with Crippen LogP contribution in [0.25, 0.3) is 0 Å². The van der Waals surface area contributed by atoms with E-state index in [0.717, 1.165) is 16.9 Å². The number of carbonyl (C=O) groups excluding carboxylic acids is 1. The van der Waals surface area contributed by atoms with Gasteiger partial charge < -0.3 is 10.1 Å². The summed E-state index contributed by atoms with van der Waals surface area (Å²) in [6, 6.07) is 18.9. The van der Waals surface area contributed by atoms with Crippen LogP contribution in [0.2, 0.25) is 0 Å². The first kappa shape index (κ1) is 18.2. The average molecular weight is 373 g/mol. The summed E-state index contributed by atoms with van der Waals surface area (Å²) in [5, 5.41) is 11.9. The molecule has 3 aromatic rings. The lowest BCUT2D eigenvalue weighted by Crippen LogP contribution is -2.13. The van der Waals surface area contributed by atoms with E-state index in [2.05, 4.69) is 10.3 Å². The van der Waals surface area contributed by atoms with Gasteiger partial charge in [-0.15, -0.1) is 0 Å². The van der Waals surface area contributed by atoms with E-state index < -0.39 is 5.97 Å². The Hall–Kier alpha value is -3.56. The minimum absolute atomic E-state index is 0.384. The standard InChI is InChI=1S/C21H15N3O2S/c1-14-19(3-2-12-23-14)20(27)24-17-8-6-16(7-9-17)21(25)26-18-10-4-15(13-22)5-11-18/h2-12H,1H3,(H,24,27). The van der Waals surface area contributed by atoms with Crippen molar-refractivity contribution in [1.82, 2.24) is 4.98 Å². The number of anilines is 1. The first-order valence-electron chi connectivity index (χ1n) is 8.12. The van der Waals surface area contributed by atoms with Gasteiger partial charge in [-0.3, -0.25) is 4.98 Å². The number of aromatic nitrogens is 1. The van der Waals surface area contributed by atoms with Crippen molar-refractivity contribution in [1.29, 1.82) is 5.26 Å². The number of esters is 1. The predicted molar refractivity (Wildman–Crippen MR) is 107 cm³/mol. The topological polar surface area (TPSA) is 75.0 Å². The zero-order valence-electron chi connectivity index (χ0n) is 14.5. The summed E-state index contributed by atoms with van der Waals surface area (Å²) in [6.07, 6.45) is 1.72. The van der Waals surface area contributed by atoms with E-state index >= 15 is 0 Å². The number of pyridine rings is 1. The van der Waals surface area contributed by atoms with Crippen LogP contribution in [0, 0.1) is 18.3 Å². The second kappa shape index (κ2) is 8.21. The van der Waals surface area contributed by atoms with Gasteiger partial charge in [0, 0.05) is 23.1 Å². The number of nitriles is 1. The maximum atomic E-state index is 12.2. The highest BCUT2D eigenvalue weighted by atomic mass is 32.1. The summed E-state index contributed by atoms with van der Waals surface area (Å²) in [4.78, 5) is 17.0. The van der Waals surface area contributed by atoms with E-state index in [1.807, 2.05) is 25.1 Å². The molecular weight excluding hydrogens is 358 g/mol. The summed E-state index contributed by atoms with van der Waals surface area (Å²) < 4.78 is 5.30. The highest BCUT2D eigenvalue weighted by Crippen LogP contribution is 2.17. The van der Waals surface area contributed by atoms with Crippen molar-refractivity contribution < 1.29 is 9.53 Å². The van der Waals surface area contributed by atoms with Gasteiger partial charge >= 0.3 is 5.97 Å². The molecule has 0 aliphatic heterocycles. The van der Waals surface area contributed by atoms with E-state index in [1.165, 1.54) is 0 Å². The second-order valence-corrected chi connectivity index (χ2v) is 6.10. The van der Waals surface area contributed by atoms with Gasteiger partial charge in [-0.2, -0.15) is 5.26 Å². The number of hydrogen-bond donors (Lipinski definition) is 1. The lowest BCUT2D eigenvalue weighted by Gasteiger charge is -2.10. The number of aryl methyl sites for hydroxylation is 1. The summed E-state index contributed by atoms with van der Waals surface area (Å²) in [6.45, 7) is 1.89. The van der Waals surface area contributed by atoms with E-state index in [0.29, 0.717) is 21.9 Å². The van der Waals surface area contributed by atoms with E-state index in [1.54, 1.807) is 54.7 Å². The smallest absolute Gasteiger partial charge is 0.343 e. The number of rotatable bonds is 4. The Morgan fingerprint density at radius 3 is 2.44 bits per heavy atom. The molecule has 0 aliphatic rings. The zero-order chi connectivity index (χ0) is 19.2. The average Bonchev–Trinajstić information content (AvgIpc) is 2.69. The molecule has 1 heterocycles. The van der Waals surface area contributed by atoms with Crippen molar-refractivity contribution >= 4 is 28.9 Å². The number of nitrogens with one attached hydrogen (secondary N) is 1. The van der Waals surface area contributed by atoms with Crippen LogP contribution in [0.1, 0.15) is 27.2 Å². The lowest BCUT2D eigenvalue weighted by atomic mass is 10.1. The van der Waals surface area contributed by atoms with Crippen LogP contribution in [0.15, 0.2) is 66.9 Å². The van der Waals surface area contributed by atoms with Crippen molar-refractivity contribution in [2.45, 2.75) is 6.92 Å². The van der Waals surface area contributed by atoms with Gasteiger partial charge in [0.2, 0.25) is 0 Å². The van der Waals surface area contributed by atoms with Gasteiger partial charge in [-0.05, 0) is 67.6 Å². The van der Waals surface area contributed by atoms with E-state index in [-0.39, 0.29) is 0 Å². The molecule has 0 atom stereocenters. The Morgan fingerprint density at radius 2 is 1.81 bits per heavy atom. The molecule has 1 N–H and O–H groups in total. The van der Waals surface area contributed by atoms with Crippen molar-refractivity contribution in [3.8, 4) is 11.8 Å². The highest BCUT2D eigenvalue weighted by Gasteiger charge is 2.10. The molecule has 0 bridgehead atoms. The fraction of sp³-hybridized carbons (Fsp3) is 0.0476. The second-order valence-electron chi connectivity index (χ2n) is 5.69. The summed E-state index contributed by atoms with van der Waals surface area (Å²) >= 11 is 5.42. The Balaban J connectivity index is 1.65. The molecule has 0 fully saturated rings. The maximum absolute atomic E-state index is 12.2. The van der Waals surface area contributed by atoms with Gasteiger partial charge in [0.05, 0.1) is 17.2 Å². The Kier molecular flexibility index (Phi) is 5.55. The molecule has 2 aromatic carbocycles. The number of thiocarbonyl (C=S) groups is 1. The lowest BCUT2D eigenvalue weighted by molar-refractivity contribution is 0.0735. The van der Waals surface area contributed by atoms with Crippen molar-refractivity contribution in [2.75, 3.05) is 5.32 Å². The van der Waals surface area contributed by atoms with Crippen molar-refractivity contribution in [3.05, 3.63) is 89.2 Å². The number of ether oxygens (including phenoxy) is 1. The third-order valence-electron chi connectivity index (χ3n) is 3.82. The molecule has 0 saturated heterocycles. The molecule has 27 heavy (non-hydrogen) atoms. The fourth-order valence-corrected chi connectivity index (χ4v) is 2.71. The molecule has 3 rings (SSSR count). The van der Waals surface area contributed by atoms with Gasteiger partial charge in [-0.1, -0.05) is 12.2 Å². The number of nitrogens with zero attached hydrogens (tertiary/aromatic N) is 2. The van der Waals surface area contributed by atoms with Crippen LogP contribution in [0.5, 0.6) is 5.75 Å². The minimum atomic E-state index is -0.475. The molecule has 0 saturated carbocycles. The molecule has 0 radical (unpaired) electrons. The zero-order valence-corrected chi connectivity index (χ0v) is 15.3. The van der Waals surface area contributed by atoms with Crippen molar-refractivity contribution in [3.63, 3.8) is 0 Å². The third-order valence-corrected chi connectivity index (χ3v) is 4.15. The van der Waals surface area contributed by atoms with Crippen LogP contribution in [0.3, 0.4) is 0 Å². The highest BCUT2D eigenvalue weighted by molar-refractivity contribution is 7.81. The van der Waals surface area contributed by atoms with Crippen molar-refractivity contribution in [2.24, 2.45) is 0 Å². The van der Waals surface area contributed by atoms with E-state index in [4.69, 9.17) is 22.2 Å². The van der Waals surface area contributed by atoms with Crippen LogP contribution < -0.4 is 10.1 Å². The third kappa shape index (κ3) is 4.54. The van der Waals surface area contributed by atoms with E-state index in [9.17, 15) is 4.79 Å². The summed E-state index contributed by atoms with van der Waals surface area (Å²) in [5.41, 5.74) is 3.38. The summed E-state index contributed by atoms with van der Waals surface area (Å²) in [7, 11) is 0. The minimum Gasteiger partial charge on any atom is -0.423 e. The molecule has 132 valence electrons. The van der Waals surface area contributed by atoms with Crippen LogP contribution in [-0.4, -0.2) is 15.9 Å². The Labute approximate surface area is 162 Å². The van der Waals surface area contributed by atoms with Crippen LogP contribution >= 0.6 is 12.2 Å². The molecule has 1 aromatic heterocycles. The largest absolute Gasteiger partial charge is 0.423 e. The van der Waals surface area contributed by atoms with Gasteiger partial charge in [0.15, 0.2) is 0 Å². The Morgan fingerprint density at radius 1 is 1.11 bits per heavy atom. The normalized spacial score (nSPS) is 9.93. The maximum Gasteiger partial charge on any atom is 0.343 e. The van der Waals surface area contributed by atoms with Crippen LogP contribution in [0.4, 0.5) is 5.69 Å². The molecule has 0 aliphatic carbocycles. The molecule has 6 heteroatoms. The fourth-order valence-electron chi connectivity index (χ4n) is 2.38. The molecular formula is C21H15N3O2S. The first-order chi connectivity index (χ1) is 13.1. The SMILES string of the molecule is Cc1ncccc1C(=S)Nc1ccc(C(=O)Oc2ccc(C#N)cc2)cc1. The number of benzene rings is 2. The Bertz CT molecular complexity index is 1020. The molecule has 0 amide bonds. The quantitative estimate of drug-likeness (QED) is 0.418. The predicted octanol–water partition coefficient (Wildman–Crippen LogP) is 4.27. The number of carbonyl (C=O) groups is 1. The van der Waals surface area contributed by atoms with Crippen LogP contribution in [-0.2, 0) is 0 Å². The van der Waals surface area contributed by atoms with Gasteiger partial charge in [-0.25, -0.2) is 4.79 Å². The molecule has 0 unspecified atom stereocenters. The number of hydrogen-bond acceptors (Lipinski definition) is 5. The van der Waals surface area contributed by atoms with Gasteiger partial charge in [0.25, 0.3) is 0 Å². The molecule has 0 spiro atoms. The van der Waals surface area contributed by atoms with Gasteiger partial charge in [0.1, 0.15) is 10.7 Å². The molecule has 5 nitrogen and oxygen atoms in total. The monoisotopic (exact) mass is 373 g/mol.